The van der Waals surface area contributed by atoms with Crippen LogP contribution in [0.3, 0.4) is 0 Å². The van der Waals surface area contributed by atoms with Crippen molar-refractivity contribution in [3.8, 4) is 5.75 Å². The monoisotopic (exact) mass is 453 g/mol. The molecular weight excluding hydrogens is 433 g/mol. The molecule has 4 rings (SSSR count). The third-order valence-electron chi connectivity index (χ3n) is 4.84. The summed E-state index contributed by atoms with van der Waals surface area (Å²) in [5, 5.41) is 7.26. The molecule has 2 heterocycles. The number of rotatable bonds is 8. The molecule has 1 amide bonds. The first kappa shape index (κ1) is 21.6. The standard InChI is InChI=1S/C24H21ClFN3O3/c1-2-16-3-7-20(8-4-16)31-15-21-9-10-23(32-21)24(30)28-19-12-27-29(14-19)13-17-5-6-18(26)11-22(17)25/h3-12,14H,2,13,15H2,1H3,(H,28,30). The number of aromatic nitrogens is 2. The number of anilines is 1. The normalized spacial score (nSPS) is 10.8. The predicted molar refractivity (Wildman–Crippen MR) is 120 cm³/mol. The van der Waals surface area contributed by atoms with E-state index in [0.29, 0.717) is 28.6 Å². The van der Waals surface area contributed by atoms with Crippen molar-refractivity contribution in [3.05, 3.63) is 100 Å². The second-order valence-corrected chi connectivity index (χ2v) is 7.58. The fourth-order valence-corrected chi connectivity index (χ4v) is 3.31. The van der Waals surface area contributed by atoms with Gasteiger partial charge in [-0.2, -0.15) is 5.10 Å². The Hall–Kier alpha value is -3.58. The highest BCUT2D eigenvalue weighted by atomic mass is 35.5. The van der Waals surface area contributed by atoms with Crippen molar-refractivity contribution in [2.75, 3.05) is 5.32 Å². The number of carbonyl (C=O) groups is 1. The van der Waals surface area contributed by atoms with E-state index in [4.69, 9.17) is 20.8 Å². The highest BCUT2D eigenvalue weighted by molar-refractivity contribution is 6.31. The van der Waals surface area contributed by atoms with E-state index >= 15 is 0 Å². The van der Waals surface area contributed by atoms with Gasteiger partial charge in [0.05, 0.1) is 18.4 Å². The van der Waals surface area contributed by atoms with Crippen molar-refractivity contribution in [1.29, 1.82) is 0 Å². The van der Waals surface area contributed by atoms with Gasteiger partial charge in [0.2, 0.25) is 0 Å². The van der Waals surface area contributed by atoms with Crippen LogP contribution in [-0.2, 0) is 19.6 Å². The van der Waals surface area contributed by atoms with Crippen LogP contribution in [0.1, 0.15) is 34.4 Å². The average molecular weight is 454 g/mol. The molecule has 0 fully saturated rings. The largest absolute Gasteiger partial charge is 0.486 e. The van der Waals surface area contributed by atoms with Gasteiger partial charge in [0.1, 0.15) is 23.9 Å². The zero-order valence-corrected chi connectivity index (χ0v) is 18.1. The van der Waals surface area contributed by atoms with E-state index in [1.54, 1.807) is 29.1 Å². The van der Waals surface area contributed by atoms with Crippen LogP contribution in [0.2, 0.25) is 5.02 Å². The van der Waals surface area contributed by atoms with Crippen LogP contribution in [0.15, 0.2) is 71.4 Å². The van der Waals surface area contributed by atoms with Crippen molar-refractivity contribution >= 4 is 23.2 Å². The van der Waals surface area contributed by atoms with Crippen LogP contribution in [0, 0.1) is 5.82 Å². The molecule has 0 bridgehead atoms. The Bertz CT molecular complexity index is 1220. The Kier molecular flexibility index (Phi) is 6.56. The van der Waals surface area contributed by atoms with Gasteiger partial charge in [0.25, 0.3) is 5.91 Å². The molecule has 0 unspecified atom stereocenters. The molecule has 0 aliphatic carbocycles. The summed E-state index contributed by atoms with van der Waals surface area (Å²) in [5.74, 6) is 0.640. The van der Waals surface area contributed by atoms with Crippen molar-refractivity contribution < 1.29 is 18.3 Å². The van der Waals surface area contributed by atoms with Gasteiger partial charge in [0, 0.05) is 11.2 Å². The Morgan fingerprint density at radius 2 is 2.00 bits per heavy atom. The average Bonchev–Trinajstić information content (AvgIpc) is 3.44. The lowest BCUT2D eigenvalue weighted by atomic mass is 10.2. The van der Waals surface area contributed by atoms with Gasteiger partial charge in [-0.1, -0.05) is 36.7 Å². The quantitative estimate of drug-likeness (QED) is 0.371. The van der Waals surface area contributed by atoms with Gasteiger partial charge >= 0.3 is 0 Å². The summed E-state index contributed by atoms with van der Waals surface area (Å²) in [6.07, 6.45) is 4.14. The molecule has 164 valence electrons. The first-order chi connectivity index (χ1) is 15.5. The van der Waals surface area contributed by atoms with E-state index in [0.717, 1.165) is 12.2 Å². The van der Waals surface area contributed by atoms with Crippen LogP contribution < -0.4 is 10.1 Å². The molecule has 2 aromatic heterocycles. The molecule has 2 aromatic carbocycles. The molecule has 0 aliphatic heterocycles. The van der Waals surface area contributed by atoms with Gasteiger partial charge in [-0.05, 0) is 53.9 Å². The van der Waals surface area contributed by atoms with E-state index in [-0.39, 0.29) is 12.4 Å². The lowest BCUT2D eigenvalue weighted by molar-refractivity contribution is 0.0992. The highest BCUT2D eigenvalue weighted by Crippen LogP contribution is 2.20. The summed E-state index contributed by atoms with van der Waals surface area (Å²) in [5.41, 5.74) is 2.45. The lowest BCUT2D eigenvalue weighted by Gasteiger charge is -2.05. The summed E-state index contributed by atoms with van der Waals surface area (Å²) < 4.78 is 26.1. The summed E-state index contributed by atoms with van der Waals surface area (Å²) in [6.45, 7) is 2.66. The Morgan fingerprint density at radius 3 is 2.75 bits per heavy atom. The van der Waals surface area contributed by atoms with Crippen molar-refractivity contribution in [3.63, 3.8) is 0 Å². The summed E-state index contributed by atoms with van der Waals surface area (Å²) >= 11 is 6.06. The number of hydrogen-bond acceptors (Lipinski definition) is 4. The second-order valence-electron chi connectivity index (χ2n) is 7.17. The number of amides is 1. The summed E-state index contributed by atoms with van der Waals surface area (Å²) in [6, 6.07) is 15.3. The number of benzene rings is 2. The number of nitrogens with zero attached hydrogens (tertiary/aromatic N) is 2. The van der Waals surface area contributed by atoms with Crippen LogP contribution in [0.25, 0.3) is 0 Å². The zero-order valence-electron chi connectivity index (χ0n) is 17.3. The number of hydrogen-bond donors (Lipinski definition) is 1. The van der Waals surface area contributed by atoms with E-state index in [1.807, 2.05) is 24.3 Å². The molecule has 6 nitrogen and oxygen atoms in total. The first-order valence-corrected chi connectivity index (χ1v) is 10.5. The zero-order chi connectivity index (χ0) is 22.5. The molecule has 1 N–H and O–H groups in total. The van der Waals surface area contributed by atoms with Crippen LogP contribution in [-0.4, -0.2) is 15.7 Å². The molecule has 4 aromatic rings. The van der Waals surface area contributed by atoms with Crippen molar-refractivity contribution in [1.82, 2.24) is 9.78 Å². The number of furan rings is 1. The maximum Gasteiger partial charge on any atom is 0.291 e. The molecular formula is C24H21ClFN3O3. The molecule has 0 radical (unpaired) electrons. The summed E-state index contributed by atoms with van der Waals surface area (Å²) in [7, 11) is 0. The number of aryl methyl sites for hydroxylation is 1. The molecule has 0 aliphatic rings. The third-order valence-corrected chi connectivity index (χ3v) is 5.19. The lowest BCUT2D eigenvalue weighted by Crippen LogP contribution is -2.10. The minimum atomic E-state index is -0.400. The minimum absolute atomic E-state index is 0.166. The number of carbonyl (C=O) groups excluding carboxylic acids is 1. The molecule has 8 heteroatoms. The first-order valence-electron chi connectivity index (χ1n) is 10.1. The van der Waals surface area contributed by atoms with E-state index in [9.17, 15) is 9.18 Å². The van der Waals surface area contributed by atoms with Gasteiger partial charge in [-0.25, -0.2) is 4.39 Å². The highest BCUT2D eigenvalue weighted by Gasteiger charge is 2.13. The van der Waals surface area contributed by atoms with Gasteiger partial charge in [-0.3, -0.25) is 9.48 Å². The predicted octanol–water partition coefficient (Wildman–Crippen LogP) is 5.71. The fraction of sp³-hybridized carbons (Fsp3) is 0.167. The van der Waals surface area contributed by atoms with E-state index in [2.05, 4.69) is 17.3 Å². The number of halogens is 2. The van der Waals surface area contributed by atoms with Gasteiger partial charge in [0.15, 0.2) is 5.76 Å². The molecule has 0 spiro atoms. The van der Waals surface area contributed by atoms with Gasteiger partial charge < -0.3 is 14.5 Å². The topological polar surface area (TPSA) is 69.3 Å². The van der Waals surface area contributed by atoms with Crippen LogP contribution >= 0.6 is 11.6 Å². The number of nitrogens with one attached hydrogen (secondary N) is 1. The Balaban J connectivity index is 1.33. The Morgan fingerprint density at radius 1 is 1.19 bits per heavy atom. The molecule has 0 saturated carbocycles. The van der Waals surface area contributed by atoms with Gasteiger partial charge in [-0.15, -0.1) is 0 Å². The Labute approximate surface area is 189 Å². The van der Waals surface area contributed by atoms with Crippen LogP contribution in [0.5, 0.6) is 5.75 Å². The molecule has 32 heavy (non-hydrogen) atoms. The van der Waals surface area contributed by atoms with E-state index < -0.39 is 11.7 Å². The third kappa shape index (κ3) is 5.36. The summed E-state index contributed by atoms with van der Waals surface area (Å²) in [4.78, 5) is 12.5. The maximum absolute atomic E-state index is 13.2. The maximum atomic E-state index is 13.2. The van der Waals surface area contributed by atoms with E-state index in [1.165, 1.54) is 23.9 Å². The smallest absolute Gasteiger partial charge is 0.291 e. The minimum Gasteiger partial charge on any atom is -0.486 e. The second kappa shape index (κ2) is 9.70. The van der Waals surface area contributed by atoms with Crippen LogP contribution in [0.4, 0.5) is 10.1 Å². The SMILES string of the molecule is CCc1ccc(OCc2ccc(C(=O)Nc3cnn(Cc4ccc(F)cc4Cl)c3)o2)cc1. The molecule has 0 atom stereocenters. The molecule has 0 saturated heterocycles. The van der Waals surface area contributed by atoms with Crippen molar-refractivity contribution in [2.45, 2.75) is 26.5 Å². The van der Waals surface area contributed by atoms with Crippen molar-refractivity contribution in [2.24, 2.45) is 0 Å². The fourth-order valence-electron chi connectivity index (χ4n) is 3.09. The number of ether oxygens (including phenoxy) is 1.